The molecule has 1 aliphatic rings. The van der Waals surface area contributed by atoms with E-state index in [1.807, 2.05) is 11.9 Å². The minimum Gasteiger partial charge on any atom is -0.507 e. The number of fused-ring (bicyclic) bond motifs is 1. The first-order chi connectivity index (χ1) is 15.8. The van der Waals surface area contributed by atoms with Crippen LogP contribution in [0.3, 0.4) is 0 Å². The number of phenols is 1. The maximum absolute atomic E-state index is 13.1. The molecule has 3 aromatic rings. The topological polar surface area (TPSA) is 109 Å². The van der Waals surface area contributed by atoms with E-state index in [4.69, 9.17) is 25.1 Å². The number of aliphatic hydroxyl groups is 1. The quantitative estimate of drug-likeness (QED) is 0.486. The molecule has 33 heavy (non-hydrogen) atoms. The first-order valence-corrected chi connectivity index (χ1v) is 12.2. The Morgan fingerprint density at radius 2 is 2.06 bits per heavy atom. The number of aliphatic hydroxyl groups excluding tert-OH is 1. The van der Waals surface area contributed by atoms with Crippen molar-refractivity contribution in [2.24, 2.45) is 0 Å². The molecule has 0 radical (unpaired) electrons. The summed E-state index contributed by atoms with van der Waals surface area (Å²) in [6.07, 6.45) is -0.272. The van der Waals surface area contributed by atoms with Crippen LogP contribution in [0.1, 0.15) is 24.8 Å². The lowest BCUT2D eigenvalue weighted by molar-refractivity contribution is 0.0633. The van der Waals surface area contributed by atoms with Gasteiger partial charge >= 0.3 is 8.25 Å². The molecule has 1 saturated heterocycles. The van der Waals surface area contributed by atoms with Crippen molar-refractivity contribution >= 4 is 30.8 Å². The number of likely N-dealkylation sites (N-methyl/N-ethyl adjacent to an activating group) is 1. The average Bonchev–Trinajstić information content (AvgIpc) is 2.75. The third-order valence-corrected chi connectivity index (χ3v) is 6.97. The Balaban J connectivity index is 2.00. The number of likely N-dealkylation sites (tertiary alicyclic amines) is 1. The van der Waals surface area contributed by atoms with Crippen LogP contribution >= 0.6 is 19.9 Å². The van der Waals surface area contributed by atoms with Crippen LogP contribution in [0.5, 0.6) is 11.5 Å². The van der Waals surface area contributed by atoms with Gasteiger partial charge in [0, 0.05) is 35.7 Å². The van der Waals surface area contributed by atoms with Gasteiger partial charge in [-0.25, -0.2) is 4.57 Å². The number of hydrogen-bond acceptors (Lipinski definition) is 8. The van der Waals surface area contributed by atoms with Crippen LogP contribution in [0.25, 0.3) is 22.3 Å². The fraction of sp³-hybridized carbons (Fsp3) is 0.348. The molecule has 1 aliphatic heterocycles. The number of halogens is 1. The minimum atomic E-state index is -2.94. The van der Waals surface area contributed by atoms with Crippen LogP contribution < -0.4 is 9.95 Å². The zero-order valence-corrected chi connectivity index (χ0v) is 20.0. The lowest BCUT2D eigenvalue weighted by Crippen LogP contribution is -2.40. The molecule has 10 heteroatoms. The number of aromatic hydroxyl groups is 1. The SMILES string of the molecule is CCO[PH](=O)Oc1cc(O)c2c(=O)cc(-c3ccccc3Cl)oc2c1[C@H]1CCN(C)C[C@H]1O. The molecule has 1 aromatic heterocycles. The third-order valence-electron chi connectivity index (χ3n) is 5.73. The van der Waals surface area contributed by atoms with Crippen molar-refractivity contribution in [2.45, 2.75) is 25.4 Å². The predicted molar refractivity (Wildman–Crippen MR) is 127 cm³/mol. The van der Waals surface area contributed by atoms with Crippen molar-refractivity contribution in [3.63, 3.8) is 0 Å². The number of β-amino-alcohol motifs (C(OH)–C–C–N with tert-alkyl or cyclic N) is 1. The summed E-state index contributed by atoms with van der Waals surface area (Å²) in [5, 5.41) is 21.9. The molecule has 176 valence electrons. The second-order valence-corrected chi connectivity index (χ2v) is 9.38. The number of nitrogens with zero attached hydrogens (tertiary/aromatic N) is 1. The van der Waals surface area contributed by atoms with Crippen molar-refractivity contribution in [3.8, 4) is 22.8 Å². The van der Waals surface area contributed by atoms with E-state index in [-0.39, 0.29) is 34.8 Å². The van der Waals surface area contributed by atoms with Gasteiger partial charge < -0.3 is 28.6 Å². The molecule has 0 bridgehead atoms. The zero-order chi connectivity index (χ0) is 23.7. The number of phenolic OH excluding ortho intramolecular Hbond substituents is 1. The Labute approximate surface area is 196 Å². The molecular weight excluding hydrogens is 469 g/mol. The molecular formula is C23H25ClNO7P. The van der Waals surface area contributed by atoms with Gasteiger partial charge in [-0.3, -0.25) is 4.79 Å². The van der Waals surface area contributed by atoms with Crippen molar-refractivity contribution < 1.29 is 28.2 Å². The minimum absolute atomic E-state index is 0.0460. The summed E-state index contributed by atoms with van der Waals surface area (Å²) >= 11 is 6.32. The van der Waals surface area contributed by atoms with E-state index in [9.17, 15) is 19.6 Å². The van der Waals surface area contributed by atoms with Crippen LogP contribution in [-0.2, 0) is 9.09 Å². The van der Waals surface area contributed by atoms with Crippen LogP contribution in [0.15, 0.2) is 45.6 Å². The third kappa shape index (κ3) is 4.81. The monoisotopic (exact) mass is 493 g/mol. The van der Waals surface area contributed by atoms with E-state index >= 15 is 0 Å². The number of benzene rings is 2. The van der Waals surface area contributed by atoms with Crippen molar-refractivity contribution in [1.29, 1.82) is 0 Å². The average molecular weight is 494 g/mol. The van der Waals surface area contributed by atoms with Crippen LogP contribution in [0, 0.1) is 0 Å². The molecule has 2 heterocycles. The maximum atomic E-state index is 13.1. The van der Waals surface area contributed by atoms with E-state index < -0.39 is 25.7 Å². The standard InChI is InChI=1S/C23H25ClNO7P/c1-3-30-33(29)32-20-11-17(27)22-16(26)10-19(13-6-4-5-7-15(13)24)31-23(22)21(20)14-8-9-25(2)12-18(14)28/h4-7,10-11,14,18,27-28,33H,3,8-9,12H2,1-2H3/t14-,18+/m0/s1. The van der Waals surface area contributed by atoms with Crippen LogP contribution in [0.4, 0.5) is 0 Å². The summed E-state index contributed by atoms with van der Waals surface area (Å²) in [7, 11) is -1.04. The highest BCUT2D eigenvalue weighted by Crippen LogP contribution is 2.45. The lowest BCUT2D eigenvalue weighted by atomic mass is 9.85. The smallest absolute Gasteiger partial charge is 0.367 e. The molecule has 8 nitrogen and oxygen atoms in total. The molecule has 0 saturated carbocycles. The van der Waals surface area contributed by atoms with Crippen molar-refractivity contribution in [3.05, 3.63) is 57.2 Å². The van der Waals surface area contributed by atoms with Crippen molar-refractivity contribution in [1.82, 2.24) is 4.90 Å². The van der Waals surface area contributed by atoms with Gasteiger partial charge in [0.2, 0.25) is 0 Å². The maximum Gasteiger partial charge on any atom is 0.367 e. The van der Waals surface area contributed by atoms with Gasteiger partial charge in [-0.1, -0.05) is 23.7 Å². The van der Waals surface area contributed by atoms with E-state index in [1.165, 1.54) is 12.1 Å². The zero-order valence-electron chi connectivity index (χ0n) is 18.2. The highest BCUT2D eigenvalue weighted by molar-refractivity contribution is 7.33. The molecule has 1 fully saturated rings. The molecule has 0 aliphatic carbocycles. The molecule has 2 N–H and O–H groups in total. The summed E-state index contributed by atoms with van der Waals surface area (Å²) in [5.41, 5.74) is 0.456. The van der Waals surface area contributed by atoms with Gasteiger partial charge in [0.25, 0.3) is 0 Å². The Hall–Kier alpha value is -2.35. The Bertz CT molecular complexity index is 1260. The molecule has 2 aromatic carbocycles. The predicted octanol–water partition coefficient (Wildman–Crippen LogP) is 4.40. The first-order valence-electron chi connectivity index (χ1n) is 10.6. The van der Waals surface area contributed by atoms with E-state index in [0.29, 0.717) is 35.7 Å². The second-order valence-electron chi connectivity index (χ2n) is 7.98. The van der Waals surface area contributed by atoms with Gasteiger partial charge in [-0.2, -0.15) is 0 Å². The highest BCUT2D eigenvalue weighted by Gasteiger charge is 2.34. The molecule has 0 amide bonds. The van der Waals surface area contributed by atoms with Gasteiger partial charge in [-0.05, 0) is 39.1 Å². The number of rotatable bonds is 6. The second kappa shape index (κ2) is 9.87. The summed E-state index contributed by atoms with van der Waals surface area (Å²) in [6.45, 7) is 2.93. The van der Waals surface area contributed by atoms with Gasteiger partial charge in [0.1, 0.15) is 28.2 Å². The summed E-state index contributed by atoms with van der Waals surface area (Å²) in [6, 6.07) is 9.41. The number of hydrogen-bond donors (Lipinski definition) is 2. The van der Waals surface area contributed by atoms with Crippen LogP contribution in [-0.4, -0.2) is 48.0 Å². The van der Waals surface area contributed by atoms with E-state index in [2.05, 4.69) is 0 Å². The fourth-order valence-electron chi connectivity index (χ4n) is 4.20. The number of piperidine rings is 1. The van der Waals surface area contributed by atoms with Crippen molar-refractivity contribution in [2.75, 3.05) is 26.7 Å². The summed E-state index contributed by atoms with van der Waals surface area (Å²) < 4.78 is 29.1. The highest BCUT2D eigenvalue weighted by atomic mass is 35.5. The summed E-state index contributed by atoms with van der Waals surface area (Å²) in [4.78, 5) is 15.0. The van der Waals surface area contributed by atoms with Crippen LogP contribution in [0.2, 0.25) is 5.02 Å². The molecule has 0 spiro atoms. The Morgan fingerprint density at radius 3 is 2.76 bits per heavy atom. The first kappa shape index (κ1) is 23.8. The summed E-state index contributed by atoms with van der Waals surface area (Å²) in [5.74, 6) is -0.613. The van der Waals surface area contributed by atoms with E-state index in [1.54, 1.807) is 31.2 Å². The van der Waals surface area contributed by atoms with Gasteiger partial charge in [0.15, 0.2) is 5.43 Å². The van der Waals surface area contributed by atoms with Gasteiger partial charge in [-0.15, -0.1) is 0 Å². The molecule has 1 unspecified atom stereocenters. The Morgan fingerprint density at radius 1 is 1.30 bits per heavy atom. The van der Waals surface area contributed by atoms with E-state index in [0.717, 1.165) is 0 Å². The normalized spacial score (nSPS) is 20.1. The van der Waals surface area contributed by atoms with Gasteiger partial charge in [0.05, 0.1) is 17.7 Å². The lowest BCUT2D eigenvalue weighted by Gasteiger charge is -2.34. The fourth-order valence-corrected chi connectivity index (χ4v) is 5.08. The largest absolute Gasteiger partial charge is 0.507 e. The molecule has 4 rings (SSSR count). The Kier molecular flexibility index (Phi) is 7.12. The molecule has 3 atom stereocenters.